The highest BCUT2D eigenvalue weighted by molar-refractivity contribution is 7.14. The van der Waals surface area contributed by atoms with Gasteiger partial charge in [-0.1, -0.05) is 27.2 Å². The van der Waals surface area contributed by atoms with Gasteiger partial charge in [-0.25, -0.2) is 9.78 Å². The van der Waals surface area contributed by atoms with Crippen LogP contribution in [0.1, 0.15) is 44.1 Å². The van der Waals surface area contributed by atoms with E-state index in [1.165, 1.54) is 5.38 Å². The number of thiazole rings is 1. The summed E-state index contributed by atoms with van der Waals surface area (Å²) in [5.41, 5.74) is 0.173. The second-order valence-corrected chi connectivity index (χ2v) is 6.02. The van der Waals surface area contributed by atoms with Crippen molar-refractivity contribution in [3.63, 3.8) is 0 Å². The molecule has 1 aromatic rings. The fourth-order valence-electron chi connectivity index (χ4n) is 1.55. The molecule has 122 valence electrons. The number of carbonyl (C=O) groups excluding carboxylic acids is 2. The first kappa shape index (κ1) is 18.1. The molecule has 2 N–H and O–H groups in total. The Labute approximate surface area is 133 Å². The number of nitrogens with zero attached hydrogens (tertiary/aromatic N) is 2. The molecule has 0 aliphatic heterocycles. The highest BCUT2D eigenvalue weighted by Gasteiger charge is 2.19. The summed E-state index contributed by atoms with van der Waals surface area (Å²) in [7, 11) is 0. The average Bonchev–Trinajstić information content (AvgIpc) is 2.91. The Morgan fingerprint density at radius 3 is 2.64 bits per heavy atom. The molecular weight excluding hydrogens is 306 g/mol. The lowest BCUT2D eigenvalue weighted by Crippen LogP contribution is -2.35. The van der Waals surface area contributed by atoms with Crippen LogP contribution in [0, 0.1) is 5.92 Å². The van der Waals surface area contributed by atoms with Crippen molar-refractivity contribution in [2.24, 2.45) is 5.92 Å². The second kappa shape index (κ2) is 8.47. The summed E-state index contributed by atoms with van der Waals surface area (Å²) >= 11 is 1.15. The number of nitrogens with one attached hydrogen (secondary N) is 1. The van der Waals surface area contributed by atoms with Gasteiger partial charge in [0.1, 0.15) is 5.69 Å². The smallest absolute Gasteiger partial charge is 0.407 e. The van der Waals surface area contributed by atoms with E-state index in [9.17, 15) is 14.4 Å². The largest absolute Gasteiger partial charge is 0.465 e. The van der Waals surface area contributed by atoms with Gasteiger partial charge in [0.15, 0.2) is 5.13 Å². The van der Waals surface area contributed by atoms with Gasteiger partial charge in [0.25, 0.3) is 0 Å². The molecule has 0 saturated heterocycles. The molecule has 2 amide bonds. The number of carboxylic acid groups (broad SMARTS) is 1. The second-order valence-electron chi connectivity index (χ2n) is 5.16. The predicted octanol–water partition coefficient (Wildman–Crippen LogP) is 2.70. The topological polar surface area (TPSA) is 99.6 Å². The van der Waals surface area contributed by atoms with Crippen LogP contribution in [0.2, 0.25) is 0 Å². The molecule has 0 aromatic carbocycles. The van der Waals surface area contributed by atoms with Gasteiger partial charge in [-0.05, 0) is 6.42 Å². The van der Waals surface area contributed by atoms with Crippen molar-refractivity contribution in [3.05, 3.63) is 11.1 Å². The minimum absolute atomic E-state index is 0.173. The molecule has 8 heteroatoms. The van der Waals surface area contributed by atoms with Crippen molar-refractivity contribution < 1.29 is 19.5 Å². The Bertz CT molecular complexity index is 542. The summed E-state index contributed by atoms with van der Waals surface area (Å²) in [4.78, 5) is 39.9. The Morgan fingerprint density at radius 1 is 1.41 bits per heavy atom. The average molecular weight is 327 g/mol. The van der Waals surface area contributed by atoms with Gasteiger partial charge in [0.2, 0.25) is 11.7 Å². The highest BCUT2D eigenvalue weighted by atomic mass is 32.1. The lowest BCUT2D eigenvalue weighted by Gasteiger charge is -2.17. The monoisotopic (exact) mass is 327 g/mol. The quantitative estimate of drug-likeness (QED) is 0.715. The normalized spacial score (nSPS) is 10.5. The molecule has 0 saturated carbocycles. The minimum Gasteiger partial charge on any atom is -0.465 e. The molecule has 1 heterocycles. The number of amides is 2. The maximum Gasteiger partial charge on any atom is 0.407 e. The van der Waals surface area contributed by atoms with Crippen LogP contribution in [-0.4, -0.2) is 45.9 Å². The molecule has 1 rings (SSSR count). The van der Waals surface area contributed by atoms with E-state index in [1.54, 1.807) is 13.8 Å². The van der Waals surface area contributed by atoms with E-state index in [0.717, 1.165) is 22.7 Å². The first-order valence-electron chi connectivity index (χ1n) is 7.12. The zero-order valence-corrected chi connectivity index (χ0v) is 13.8. The molecule has 0 bridgehead atoms. The minimum atomic E-state index is -1.12. The number of rotatable bonds is 8. The first-order chi connectivity index (χ1) is 10.3. The van der Waals surface area contributed by atoms with E-state index in [2.05, 4.69) is 10.3 Å². The van der Waals surface area contributed by atoms with Crippen LogP contribution in [0.15, 0.2) is 5.38 Å². The zero-order chi connectivity index (χ0) is 16.7. The van der Waals surface area contributed by atoms with E-state index >= 15 is 0 Å². The summed E-state index contributed by atoms with van der Waals surface area (Å²) in [6.45, 7) is 5.56. The third-order valence-corrected chi connectivity index (χ3v) is 3.69. The fraction of sp³-hybridized carbons (Fsp3) is 0.571. The van der Waals surface area contributed by atoms with Crippen molar-refractivity contribution in [2.45, 2.75) is 33.6 Å². The number of carbonyl (C=O) groups is 3. The SMILES string of the molecule is CCCCN(CC(=O)c1csc(NC(=O)C(C)C)n1)C(=O)O. The van der Waals surface area contributed by atoms with Crippen LogP contribution >= 0.6 is 11.3 Å². The molecule has 0 spiro atoms. The van der Waals surface area contributed by atoms with Gasteiger partial charge in [-0.3, -0.25) is 9.59 Å². The Balaban J connectivity index is 2.67. The van der Waals surface area contributed by atoms with Gasteiger partial charge in [-0.15, -0.1) is 11.3 Å². The summed E-state index contributed by atoms with van der Waals surface area (Å²) in [6, 6.07) is 0. The number of hydrogen-bond donors (Lipinski definition) is 2. The molecule has 22 heavy (non-hydrogen) atoms. The lowest BCUT2D eigenvalue weighted by molar-refractivity contribution is -0.118. The molecule has 0 radical (unpaired) electrons. The zero-order valence-electron chi connectivity index (χ0n) is 13.0. The van der Waals surface area contributed by atoms with Crippen molar-refractivity contribution in [3.8, 4) is 0 Å². The number of ketones is 1. The summed E-state index contributed by atoms with van der Waals surface area (Å²) in [5, 5.41) is 13.6. The van der Waals surface area contributed by atoms with E-state index < -0.39 is 6.09 Å². The lowest BCUT2D eigenvalue weighted by atomic mass is 10.2. The molecular formula is C14H21N3O4S. The Hall–Kier alpha value is -1.96. The van der Waals surface area contributed by atoms with Gasteiger partial charge >= 0.3 is 6.09 Å². The van der Waals surface area contributed by atoms with E-state index in [1.807, 2.05) is 6.92 Å². The van der Waals surface area contributed by atoms with Crippen molar-refractivity contribution in [1.82, 2.24) is 9.88 Å². The summed E-state index contributed by atoms with van der Waals surface area (Å²) in [5.74, 6) is -0.733. The van der Waals surface area contributed by atoms with Crippen LogP contribution in [-0.2, 0) is 4.79 Å². The van der Waals surface area contributed by atoms with Gasteiger partial charge in [-0.2, -0.15) is 0 Å². The van der Waals surface area contributed by atoms with Crippen LogP contribution < -0.4 is 5.32 Å². The number of aromatic nitrogens is 1. The standard InChI is InChI=1S/C14H21N3O4S/c1-4-5-6-17(14(20)21)7-11(18)10-8-22-13(15-10)16-12(19)9(2)3/h8-9H,4-7H2,1-3H3,(H,20,21)(H,15,16,19). The number of Topliss-reactive ketones (excluding diaryl/α,β-unsaturated/α-hetero) is 1. The Kier molecular flexibility index (Phi) is 6.97. The predicted molar refractivity (Wildman–Crippen MR) is 84.4 cm³/mol. The molecule has 1 aromatic heterocycles. The van der Waals surface area contributed by atoms with Crippen LogP contribution in [0.4, 0.5) is 9.93 Å². The Morgan fingerprint density at radius 2 is 2.09 bits per heavy atom. The number of unbranched alkanes of at least 4 members (excludes halogenated alkanes) is 1. The van der Waals surface area contributed by atoms with Crippen molar-refractivity contribution in [2.75, 3.05) is 18.4 Å². The van der Waals surface area contributed by atoms with Gasteiger partial charge in [0.05, 0.1) is 6.54 Å². The number of anilines is 1. The molecule has 0 atom stereocenters. The van der Waals surface area contributed by atoms with E-state index in [0.29, 0.717) is 18.1 Å². The van der Waals surface area contributed by atoms with E-state index in [-0.39, 0.29) is 29.8 Å². The molecule has 0 unspecified atom stereocenters. The van der Waals surface area contributed by atoms with Crippen molar-refractivity contribution >= 4 is 34.3 Å². The fourth-order valence-corrected chi connectivity index (χ4v) is 2.27. The maximum absolute atomic E-state index is 12.1. The summed E-state index contributed by atoms with van der Waals surface area (Å²) in [6.07, 6.45) is 0.428. The summed E-state index contributed by atoms with van der Waals surface area (Å²) < 4.78 is 0. The van der Waals surface area contributed by atoms with Crippen LogP contribution in [0.3, 0.4) is 0 Å². The first-order valence-corrected chi connectivity index (χ1v) is 8.00. The maximum atomic E-state index is 12.1. The molecule has 0 aliphatic rings. The highest BCUT2D eigenvalue weighted by Crippen LogP contribution is 2.17. The van der Waals surface area contributed by atoms with E-state index in [4.69, 9.17) is 5.11 Å². The van der Waals surface area contributed by atoms with Gasteiger partial charge in [0, 0.05) is 17.8 Å². The third-order valence-electron chi connectivity index (χ3n) is 2.93. The van der Waals surface area contributed by atoms with Crippen LogP contribution in [0.5, 0.6) is 0 Å². The number of hydrogen-bond acceptors (Lipinski definition) is 5. The molecule has 0 aliphatic carbocycles. The van der Waals surface area contributed by atoms with Gasteiger partial charge < -0.3 is 15.3 Å². The van der Waals surface area contributed by atoms with Crippen LogP contribution in [0.25, 0.3) is 0 Å². The molecule has 7 nitrogen and oxygen atoms in total. The van der Waals surface area contributed by atoms with Crippen molar-refractivity contribution in [1.29, 1.82) is 0 Å². The third kappa shape index (κ3) is 5.44. The molecule has 0 fully saturated rings.